The van der Waals surface area contributed by atoms with Crippen molar-refractivity contribution in [2.75, 3.05) is 11.9 Å². The molecule has 0 atom stereocenters. The van der Waals surface area contributed by atoms with Gasteiger partial charge in [-0.1, -0.05) is 6.07 Å². The standard InChI is InChI=1S/C12H14N2O3/c13-17-11(15)8-2-1-3-9(4-8)14-12-5-10(6-12)16-7-12/h1-4,10,14H,5-7,13H2. The SMILES string of the molecule is NOC(=O)c1cccc(NC23COC(C2)C3)c1. The number of hydrogen-bond donors (Lipinski definition) is 2. The van der Waals surface area contributed by atoms with Gasteiger partial charge in [0.15, 0.2) is 0 Å². The number of benzene rings is 1. The topological polar surface area (TPSA) is 73.6 Å². The van der Waals surface area contributed by atoms with Crippen LogP contribution in [0.2, 0.25) is 0 Å². The molecule has 4 rings (SSSR count). The highest BCUT2D eigenvalue weighted by atomic mass is 16.7. The number of anilines is 1. The van der Waals surface area contributed by atoms with Gasteiger partial charge >= 0.3 is 5.97 Å². The zero-order valence-electron chi connectivity index (χ0n) is 9.31. The summed E-state index contributed by atoms with van der Waals surface area (Å²) >= 11 is 0. The summed E-state index contributed by atoms with van der Waals surface area (Å²) in [7, 11) is 0. The van der Waals surface area contributed by atoms with Crippen molar-refractivity contribution < 1.29 is 14.4 Å². The lowest BCUT2D eigenvalue weighted by Crippen LogP contribution is -2.47. The van der Waals surface area contributed by atoms with Crippen molar-refractivity contribution in [3.05, 3.63) is 29.8 Å². The van der Waals surface area contributed by atoms with Crippen LogP contribution in [0, 0.1) is 0 Å². The van der Waals surface area contributed by atoms with Gasteiger partial charge in [-0.25, -0.2) is 4.79 Å². The van der Waals surface area contributed by atoms with Gasteiger partial charge in [0.2, 0.25) is 0 Å². The first-order valence-electron chi connectivity index (χ1n) is 5.62. The van der Waals surface area contributed by atoms with Gasteiger partial charge < -0.3 is 14.9 Å². The van der Waals surface area contributed by atoms with Crippen LogP contribution in [-0.4, -0.2) is 24.2 Å². The second-order valence-electron chi connectivity index (χ2n) is 4.73. The highest BCUT2D eigenvalue weighted by Gasteiger charge is 2.51. The Labute approximate surface area is 98.8 Å². The summed E-state index contributed by atoms with van der Waals surface area (Å²) in [6, 6.07) is 7.15. The zero-order valence-corrected chi connectivity index (χ0v) is 9.31. The predicted octanol–water partition coefficient (Wildman–Crippen LogP) is 1.06. The third-order valence-electron chi connectivity index (χ3n) is 3.45. The number of carbonyl (C=O) groups is 1. The van der Waals surface area contributed by atoms with Crippen LogP contribution in [0.3, 0.4) is 0 Å². The van der Waals surface area contributed by atoms with Crippen molar-refractivity contribution in [1.82, 2.24) is 0 Å². The summed E-state index contributed by atoms with van der Waals surface area (Å²) < 4.78 is 5.53. The molecule has 1 aromatic carbocycles. The van der Waals surface area contributed by atoms with E-state index >= 15 is 0 Å². The minimum atomic E-state index is -0.527. The summed E-state index contributed by atoms with van der Waals surface area (Å²) in [5.41, 5.74) is 1.41. The fraction of sp³-hybridized carbons (Fsp3) is 0.417. The molecule has 0 amide bonds. The van der Waals surface area contributed by atoms with Gasteiger partial charge in [0.25, 0.3) is 0 Å². The number of hydrogen-bond acceptors (Lipinski definition) is 5. The predicted molar refractivity (Wildman–Crippen MR) is 61.4 cm³/mol. The Morgan fingerprint density at radius 3 is 3.00 bits per heavy atom. The largest absolute Gasteiger partial charge is 0.377 e. The number of ether oxygens (including phenoxy) is 1. The smallest absolute Gasteiger partial charge is 0.356 e. The van der Waals surface area contributed by atoms with Gasteiger partial charge in [-0.3, -0.25) is 0 Å². The summed E-state index contributed by atoms with van der Waals surface area (Å²) in [6.07, 6.45) is 2.50. The van der Waals surface area contributed by atoms with E-state index in [0.29, 0.717) is 11.7 Å². The molecule has 2 aliphatic heterocycles. The Morgan fingerprint density at radius 2 is 2.35 bits per heavy atom. The number of nitrogens with one attached hydrogen (secondary N) is 1. The minimum Gasteiger partial charge on any atom is -0.377 e. The molecule has 1 aliphatic carbocycles. The highest BCUT2D eigenvalue weighted by molar-refractivity contribution is 5.90. The molecule has 90 valence electrons. The van der Waals surface area contributed by atoms with Crippen LogP contribution < -0.4 is 11.2 Å². The summed E-state index contributed by atoms with van der Waals surface area (Å²) in [6.45, 7) is 0.739. The van der Waals surface area contributed by atoms with E-state index in [-0.39, 0.29) is 5.54 Å². The third-order valence-corrected chi connectivity index (χ3v) is 3.45. The fourth-order valence-electron chi connectivity index (χ4n) is 2.56. The first-order valence-corrected chi connectivity index (χ1v) is 5.62. The lowest BCUT2D eigenvalue weighted by Gasteiger charge is -2.37. The molecular weight excluding hydrogens is 220 g/mol. The van der Waals surface area contributed by atoms with Crippen molar-refractivity contribution in [2.24, 2.45) is 5.90 Å². The molecule has 5 nitrogen and oxygen atoms in total. The van der Waals surface area contributed by atoms with Crippen molar-refractivity contribution in [1.29, 1.82) is 0 Å². The van der Waals surface area contributed by atoms with Gasteiger partial charge in [0, 0.05) is 5.69 Å². The molecule has 0 radical (unpaired) electrons. The number of rotatable bonds is 3. The molecule has 0 aromatic heterocycles. The average molecular weight is 234 g/mol. The molecule has 0 spiro atoms. The van der Waals surface area contributed by atoms with Gasteiger partial charge in [-0.2, -0.15) is 5.90 Å². The maximum absolute atomic E-state index is 11.3. The van der Waals surface area contributed by atoms with Crippen LogP contribution in [0.25, 0.3) is 0 Å². The fourth-order valence-corrected chi connectivity index (χ4v) is 2.56. The molecule has 3 fully saturated rings. The van der Waals surface area contributed by atoms with E-state index in [1.807, 2.05) is 6.07 Å². The van der Waals surface area contributed by atoms with Crippen molar-refractivity contribution >= 4 is 11.7 Å². The molecule has 5 heteroatoms. The quantitative estimate of drug-likeness (QED) is 0.765. The average Bonchev–Trinajstić information content (AvgIpc) is 2.88. The molecular formula is C12H14N2O3. The monoisotopic (exact) mass is 234 g/mol. The Bertz CT molecular complexity index is 449. The summed E-state index contributed by atoms with van der Waals surface area (Å²) in [4.78, 5) is 15.5. The molecule has 2 saturated heterocycles. The van der Waals surface area contributed by atoms with E-state index < -0.39 is 5.97 Å². The van der Waals surface area contributed by atoms with E-state index in [2.05, 4.69) is 10.2 Å². The number of fused-ring (bicyclic) bond motifs is 1. The highest BCUT2D eigenvalue weighted by Crippen LogP contribution is 2.44. The Morgan fingerprint density at radius 1 is 1.53 bits per heavy atom. The first kappa shape index (κ1) is 10.6. The van der Waals surface area contributed by atoms with E-state index in [9.17, 15) is 4.79 Å². The molecule has 3 N–H and O–H groups in total. The Balaban J connectivity index is 1.77. The normalized spacial score (nSPS) is 29.6. The number of carbonyl (C=O) groups excluding carboxylic acids is 1. The molecule has 2 heterocycles. The van der Waals surface area contributed by atoms with Crippen LogP contribution >= 0.6 is 0 Å². The Hall–Kier alpha value is -1.59. The van der Waals surface area contributed by atoms with Crippen LogP contribution in [0.15, 0.2) is 24.3 Å². The molecule has 17 heavy (non-hydrogen) atoms. The van der Waals surface area contributed by atoms with Crippen LogP contribution in [0.1, 0.15) is 23.2 Å². The van der Waals surface area contributed by atoms with Crippen LogP contribution in [0.5, 0.6) is 0 Å². The summed E-state index contributed by atoms with van der Waals surface area (Å²) in [5.74, 6) is 4.33. The van der Waals surface area contributed by atoms with Crippen molar-refractivity contribution in [3.8, 4) is 0 Å². The molecule has 1 saturated carbocycles. The van der Waals surface area contributed by atoms with E-state index in [1.165, 1.54) is 0 Å². The molecule has 0 unspecified atom stereocenters. The zero-order chi connectivity index (χ0) is 11.9. The maximum Gasteiger partial charge on any atom is 0.356 e. The van der Waals surface area contributed by atoms with Gasteiger partial charge in [-0.15, -0.1) is 0 Å². The maximum atomic E-state index is 11.3. The van der Waals surface area contributed by atoms with E-state index in [4.69, 9.17) is 10.6 Å². The van der Waals surface area contributed by atoms with Crippen molar-refractivity contribution in [2.45, 2.75) is 24.5 Å². The van der Waals surface area contributed by atoms with E-state index in [1.54, 1.807) is 18.2 Å². The second kappa shape index (κ2) is 3.72. The number of nitrogens with two attached hydrogens (primary N) is 1. The van der Waals surface area contributed by atoms with Gasteiger partial charge in [-0.05, 0) is 31.0 Å². The van der Waals surface area contributed by atoms with E-state index in [0.717, 1.165) is 25.1 Å². The molecule has 1 aromatic rings. The lowest BCUT2D eigenvalue weighted by molar-refractivity contribution is 0.0503. The van der Waals surface area contributed by atoms with Gasteiger partial charge in [0.1, 0.15) is 0 Å². The third kappa shape index (κ3) is 1.77. The minimum absolute atomic E-state index is 0.0654. The molecule has 3 aliphatic rings. The van der Waals surface area contributed by atoms with Crippen LogP contribution in [-0.2, 0) is 9.57 Å². The van der Waals surface area contributed by atoms with Crippen LogP contribution in [0.4, 0.5) is 5.69 Å². The van der Waals surface area contributed by atoms with Gasteiger partial charge in [0.05, 0.1) is 23.8 Å². The molecule has 2 bridgehead atoms. The Kier molecular flexibility index (Phi) is 2.31. The second-order valence-corrected chi connectivity index (χ2v) is 4.73. The summed E-state index contributed by atoms with van der Waals surface area (Å²) in [5, 5.41) is 3.43. The van der Waals surface area contributed by atoms with Crippen molar-refractivity contribution in [3.63, 3.8) is 0 Å². The lowest BCUT2D eigenvalue weighted by atomic mass is 9.78. The first-order chi connectivity index (χ1) is 8.21.